The lowest BCUT2D eigenvalue weighted by molar-refractivity contribution is -0.204. The van der Waals surface area contributed by atoms with E-state index < -0.39 is 11.9 Å². The first kappa shape index (κ1) is 19.2. The van der Waals surface area contributed by atoms with E-state index in [1.807, 2.05) is 6.92 Å². The number of hydrogen-bond acceptors (Lipinski definition) is 7. The summed E-state index contributed by atoms with van der Waals surface area (Å²) in [4.78, 5) is 39.5. The molecule has 8 atom stereocenters. The zero-order valence-electron chi connectivity index (χ0n) is 17.3. The largest absolute Gasteiger partial charge is 0.460 e. The third kappa shape index (κ3) is 2.73. The Kier molecular flexibility index (Phi) is 4.41. The average molecular weight is 403 g/mol. The molecule has 4 fully saturated rings. The third-order valence-electron chi connectivity index (χ3n) is 7.75. The number of nitrogens with zero attached hydrogens (tertiary/aromatic N) is 1. The summed E-state index contributed by atoms with van der Waals surface area (Å²) in [7, 11) is 0. The summed E-state index contributed by atoms with van der Waals surface area (Å²) in [6.45, 7) is 6.39. The first-order valence-electron chi connectivity index (χ1n) is 10.9. The fraction of sp³-hybridized carbons (Fsp3) is 0.773. The zero-order chi connectivity index (χ0) is 20.5. The monoisotopic (exact) mass is 403 g/mol. The molecule has 5 heterocycles. The second kappa shape index (κ2) is 6.64. The molecule has 7 heteroatoms. The molecule has 0 aromatic heterocycles. The van der Waals surface area contributed by atoms with Crippen molar-refractivity contribution in [1.82, 2.24) is 4.90 Å². The number of hydrogen-bond donors (Lipinski definition) is 0. The lowest BCUT2D eigenvalue weighted by Crippen LogP contribution is -2.48. The maximum atomic E-state index is 13.0. The van der Waals surface area contributed by atoms with Gasteiger partial charge in [0.2, 0.25) is 5.79 Å². The SMILES string of the molecule is CCC1C2C(OC13C=C(C)C(=O)O3)C(=O)CCN1C(C3CC(C)C(=O)O3)CCC21. The van der Waals surface area contributed by atoms with Gasteiger partial charge in [0, 0.05) is 42.5 Å². The number of esters is 2. The van der Waals surface area contributed by atoms with E-state index in [1.54, 1.807) is 13.0 Å². The molecule has 0 aromatic rings. The molecule has 0 aromatic carbocycles. The molecular formula is C22H29NO6. The number of fused-ring (bicyclic) bond motifs is 3. The number of carbonyl (C=O) groups excluding carboxylic acids is 3. The van der Waals surface area contributed by atoms with Gasteiger partial charge in [-0.1, -0.05) is 13.8 Å². The minimum Gasteiger partial charge on any atom is -0.460 e. The highest BCUT2D eigenvalue weighted by atomic mass is 16.7. The number of rotatable bonds is 2. The molecule has 8 unspecified atom stereocenters. The average Bonchev–Trinajstić information content (AvgIpc) is 3.37. The standard InChI is InChI=1S/C22H29NO6/c1-4-13-18-15-6-5-14(17-9-11(2)20(25)27-17)23(15)8-7-16(24)19(18)28-22(13)10-12(3)21(26)29-22/h10-11,13-15,17-19H,4-9H2,1-3H3. The topological polar surface area (TPSA) is 82.1 Å². The Hall–Kier alpha value is -1.73. The van der Waals surface area contributed by atoms with Gasteiger partial charge in [-0.3, -0.25) is 14.5 Å². The molecule has 7 nitrogen and oxygen atoms in total. The van der Waals surface area contributed by atoms with E-state index in [1.165, 1.54) is 0 Å². The van der Waals surface area contributed by atoms with E-state index in [4.69, 9.17) is 14.2 Å². The second-order valence-electron chi connectivity index (χ2n) is 9.35. The Morgan fingerprint density at radius 1 is 1.21 bits per heavy atom. The van der Waals surface area contributed by atoms with Gasteiger partial charge >= 0.3 is 11.9 Å². The lowest BCUT2D eigenvalue weighted by Gasteiger charge is -2.36. The maximum absolute atomic E-state index is 13.0. The normalized spacial score (nSPS) is 47.1. The van der Waals surface area contributed by atoms with Crippen LogP contribution >= 0.6 is 0 Å². The molecular weight excluding hydrogens is 374 g/mol. The Labute approximate surface area is 170 Å². The van der Waals surface area contributed by atoms with Gasteiger partial charge in [0.1, 0.15) is 12.2 Å². The van der Waals surface area contributed by atoms with Gasteiger partial charge in [0.25, 0.3) is 0 Å². The Morgan fingerprint density at radius 2 is 1.97 bits per heavy atom. The van der Waals surface area contributed by atoms with Crippen LogP contribution in [0.1, 0.15) is 52.9 Å². The fourth-order valence-electron chi connectivity index (χ4n) is 6.45. The second-order valence-corrected chi connectivity index (χ2v) is 9.35. The van der Waals surface area contributed by atoms with Crippen LogP contribution in [0.3, 0.4) is 0 Å². The van der Waals surface area contributed by atoms with E-state index in [9.17, 15) is 14.4 Å². The lowest BCUT2D eigenvalue weighted by atomic mass is 9.77. The fourth-order valence-corrected chi connectivity index (χ4v) is 6.45. The minimum atomic E-state index is -1.11. The van der Waals surface area contributed by atoms with Crippen LogP contribution in [0.4, 0.5) is 0 Å². The van der Waals surface area contributed by atoms with Crippen molar-refractivity contribution in [3.8, 4) is 0 Å². The van der Waals surface area contributed by atoms with Gasteiger partial charge in [0.05, 0.1) is 5.92 Å². The molecule has 0 saturated carbocycles. The quantitative estimate of drug-likeness (QED) is 0.652. The molecule has 158 valence electrons. The molecule has 0 N–H and O–H groups in total. The minimum absolute atomic E-state index is 0.0236. The van der Waals surface area contributed by atoms with E-state index in [-0.39, 0.29) is 53.7 Å². The van der Waals surface area contributed by atoms with Crippen molar-refractivity contribution in [2.75, 3.05) is 6.54 Å². The summed E-state index contributed by atoms with van der Waals surface area (Å²) in [6, 6.07) is 0.321. The molecule has 5 aliphatic heterocycles. The van der Waals surface area contributed by atoms with Crippen LogP contribution in [0.5, 0.6) is 0 Å². The van der Waals surface area contributed by atoms with E-state index >= 15 is 0 Å². The van der Waals surface area contributed by atoms with E-state index in [0.717, 1.165) is 25.7 Å². The highest BCUT2D eigenvalue weighted by molar-refractivity contribution is 5.91. The van der Waals surface area contributed by atoms with Crippen molar-refractivity contribution >= 4 is 17.7 Å². The summed E-state index contributed by atoms with van der Waals surface area (Å²) in [5.74, 6) is -1.65. The van der Waals surface area contributed by atoms with Gasteiger partial charge in [-0.2, -0.15) is 0 Å². The van der Waals surface area contributed by atoms with Gasteiger partial charge in [-0.05, 0) is 38.7 Å². The molecule has 5 rings (SSSR count). The zero-order valence-corrected chi connectivity index (χ0v) is 17.3. The predicted octanol–water partition coefficient (Wildman–Crippen LogP) is 1.98. The van der Waals surface area contributed by atoms with Crippen LogP contribution < -0.4 is 0 Å². The highest BCUT2D eigenvalue weighted by Crippen LogP contribution is 2.53. The first-order valence-corrected chi connectivity index (χ1v) is 10.9. The number of cyclic esters (lactones) is 1. The van der Waals surface area contributed by atoms with Gasteiger partial charge in [0.15, 0.2) is 5.78 Å². The highest BCUT2D eigenvalue weighted by Gasteiger charge is 2.64. The van der Waals surface area contributed by atoms with Crippen LogP contribution in [-0.4, -0.2) is 59.2 Å². The summed E-state index contributed by atoms with van der Waals surface area (Å²) in [6.07, 6.45) is 4.93. The first-order chi connectivity index (χ1) is 13.8. The van der Waals surface area contributed by atoms with Crippen molar-refractivity contribution in [3.05, 3.63) is 11.6 Å². The number of ether oxygens (including phenoxy) is 3. The molecule has 0 amide bonds. The van der Waals surface area contributed by atoms with Crippen molar-refractivity contribution in [3.63, 3.8) is 0 Å². The van der Waals surface area contributed by atoms with Gasteiger partial charge in [-0.15, -0.1) is 0 Å². The third-order valence-corrected chi connectivity index (χ3v) is 7.75. The number of carbonyl (C=O) groups is 3. The molecule has 0 aliphatic carbocycles. The summed E-state index contributed by atoms with van der Waals surface area (Å²) < 4.78 is 17.7. The molecule has 1 spiro atoms. The summed E-state index contributed by atoms with van der Waals surface area (Å²) in [5, 5.41) is 0. The van der Waals surface area contributed by atoms with Crippen molar-refractivity contribution in [2.45, 2.75) is 83.0 Å². The summed E-state index contributed by atoms with van der Waals surface area (Å²) >= 11 is 0. The Balaban J connectivity index is 1.47. The van der Waals surface area contributed by atoms with Crippen molar-refractivity contribution < 1.29 is 28.6 Å². The number of ketones is 1. The van der Waals surface area contributed by atoms with Gasteiger partial charge < -0.3 is 14.2 Å². The molecule has 0 radical (unpaired) electrons. The molecule has 29 heavy (non-hydrogen) atoms. The molecule has 4 saturated heterocycles. The predicted molar refractivity (Wildman–Crippen MR) is 102 cm³/mol. The maximum Gasteiger partial charge on any atom is 0.336 e. The van der Waals surface area contributed by atoms with Crippen LogP contribution in [0.15, 0.2) is 11.6 Å². The van der Waals surface area contributed by atoms with Crippen LogP contribution in [-0.2, 0) is 28.6 Å². The van der Waals surface area contributed by atoms with E-state index in [2.05, 4.69) is 11.8 Å². The number of Topliss-reactive ketones (excluding diaryl/α,β-unsaturated/α-hetero) is 1. The summed E-state index contributed by atoms with van der Waals surface area (Å²) in [5.41, 5.74) is 0.542. The molecule has 0 bridgehead atoms. The van der Waals surface area contributed by atoms with Crippen LogP contribution in [0.25, 0.3) is 0 Å². The van der Waals surface area contributed by atoms with E-state index in [0.29, 0.717) is 18.5 Å². The van der Waals surface area contributed by atoms with Crippen molar-refractivity contribution in [2.24, 2.45) is 17.8 Å². The Bertz CT molecular complexity index is 792. The van der Waals surface area contributed by atoms with Crippen LogP contribution in [0, 0.1) is 17.8 Å². The molecule has 5 aliphatic rings. The Morgan fingerprint density at radius 3 is 2.59 bits per heavy atom. The van der Waals surface area contributed by atoms with Crippen molar-refractivity contribution in [1.29, 1.82) is 0 Å². The van der Waals surface area contributed by atoms with Crippen LogP contribution in [0.2, 0.25) is 0 Å². The van der Waals surface area contributed by atoms with Gasteiger partial charge in [-0.25, -0.2) is 4.79 Å². The smallest absolute Gasteiger partial charge is 0.336 e.